The van der Waals surface area contributed by atoms with Crippen LogP contribution in [0.5, 0.6) is 0 Å². The molecule has 0 saturated carbocycles. The van der Waals surface area contributed by atoms with Crippen LogP contribution in [0.3, 0.4) is 0 Å². The maximum absolute atomic E-state index is 12.4. The normalized spacial score (nSPS) is 20.4. The molecule has 3 rings (SSSR count). The number of thioether (sulfide) groups is 1. The fourth-order valence-electron chi connectivity index (χ4n) is 2.51. The van der Waals surface area contributed by atoms with E-state index in [1.54, 1.807) is 24.1 Å². The van der Waals surface area contributed by atoms with E-state index >= 15 is 0 Å². The predicted octanol–water partition coefficient (Wildman–Crippen LogP) is 2.49. The van der Waals surface area contributed by atoms with E-state index in [1.807, 2.05) is 30.3 Å². The molecule has 1 atom stereocenters. The number of rotatable bonds is 6. The van der Waals surface area contributed by atoms with Crippen LogP contribution in [0.2, 0.25) is 0 Å². The van der Waals surface area contributed by atoms with Gasteiger partial charge in [-0.15, -0.1) is 0 Å². The van der Waals surface area contributed by atoms with Gasteiger partial charge in [0.25, 0.3) is 5.91 Å². The second-order valence-corrected chi connectivity index (χ2v) is 6.79. The van der Waals surface area contributed by atoms with E-state index in [4.69, 9.17) is 4.42 Å². The van der Waals surface area contributed by atoms with Gasteiger partial charge in [0, 0.05) is 18.0 Å². The molecule has 0 spiro atoms. The zero-order valence-electron chi connectivity index (χ0n) is 12.7. The van der Waals surface area contributed by atoms with Crippen molar-refractivity contribution in [3.8, 4) is 0 Å². The van der Waals surface area contributed by atoms with Crippen molar-refractivity contribution in [3.05, 3.63) is 54.0 Å². The molecule has 6 heteroatoms. The van der Waals surface area contributed by atoms with Gasteiger partial charge in [-0.2, -0.15) is 11.8 Å². The summed E-state index contributed by atoms with van der Waals surface area (Å²) in [5.74, 6) is 2.23. The van der Waals surface area contributed by atoms with Crippen LogP contribution in [0.15, 0.2) is 47.1 Å². The Bertz CT molecular complexity index is 652. The Morgan fingerprint density at radius 3 is 2.91 bits per heavy atom. The smallest absolute Gasteiger partial charge is 0.253 e. The van der Waals surface area contributed by atoms with Gasteiger partial charge < -0.3 is 20.2 Å². The number of para-hydroxylation sites is 1. The summed E-state index contributed by atoms with van der Waals surface area (Å²) in [6, 6.07) is 11.0. The largest absolute Gasteiger partial charge is 0.467 e. The Balaban J connectivity index is 1.63. The molecule has 3 N–H and O–H groups in total. The van der Waals surface area contributed by atoms with Crippen molar-refractivity contribution in [3.63, 3.8) is 0 Å². The van der Waals surface area contributed by atoms with Gasteiger partial charge in [0.1, 0.15) is 5.76 Å². The van der Waals surface area contributed by atoms with Crippen molar-refractivity contribution >= 4 is 23.4 Å². The van der Waals surface area contributed by atoms with Crippen molar-refractivity contribution in [2.45, 2.75) is 18.6 Å². The highest BCUT2D eigenvalue weighted by Gasteiger charge is 2.32. The lowest BCUT2D eigenvalue weighted by atomic mass is 10.0. The minimum Gasteiger partial charge on any atom is -0.467 e. The fourth-order valence-corrected chi connectivity index (χ4v) is 3.80. The number of carbonyl (C=O) groups excluding carboxylic acids is 1. The van der Waals surface area contributed by atoms with Crippen LogP contribution in [0, 0.1) is 0 Å². The van der Waals surface area contributed by atoms with Gasteiger partial charge >= 0.3 is 0 Å². The molecule has 122 valence electrons. The number of anilines is 1. The first-order valence-electron chi connectivity index (χ1n) is 7.60. The lowest BCUT2D eigenvalue weighted by Crippen LogP contribution is -2.43. The zero-order valence-corrected chi connectivity index (χ0v) is 13.6. The predicted molar refractivity (Wildman–Crippen MR) is 91.7 cm³/mol. The summed E-state index contributed by atoms with van der Waals surface area (Å²) in [6.07, 6.45) is 2.34. The summed E-state index contributed by atoms with van der Waals surface area (Å²) in [4.78, 5) is 12.4. The first-order chi connectivity index (χ1) is 11.2. The van der Waals surface area contributed by atoms with Crippen molar-refractivity contribution in [1.29, 1.82) is 0 Å². The topological polar surface area (TPSA) is 74.5 Å². The third kappa shape index (κ3) is 4.09. The lowest BCUT2D eigenvalue weighted by molar-refractivity contribution is 0.0613. The van der Waals surface area contributed by atoms with Gasteiger partial charge in [0.05, 0.1) is 24.0 Å². The van der Waals surface area contributed by atoms with E-state index in [2.05, 4.69) is 10.6 Å². The highest BCUT2D eigenvalue weighted by Crippen LogP contribution is 2.27. The summed E-state index contributed by atoms with van der Waals surface area (Å²) >= 11 is 1.71. The van der Waals surface area contributed by atoms with E-state index in [9.17, 15) is 9.90 Å². The Hall–Kier alpha value is -1.92. The van der Waals surface area contributed by atoms with E-state index in [0.29, 0.717) is 17.9 Å². The first-order valence-corrected chi connectivity index (χ1v) is 8.75. The molecule has 2 aromatic rings. The lowest BCUT2D eigenvalue weighted by Gasteiger charge is -2.22. The first kappa shape index (κ1) is 16.0. The summed E-state index contributed by atoms with van der Waals surface area (Å²) in [5.41, 5.74) is 0.527. The van der Waals surface area contributed by atoms with Crippen molar-refractivity contribution in [2.24, 2.45) is 0 Å². The Morgan fingerprint density at radius 2 is 2.17 bits per heavy atom. The molecule has 1 unspecified atom stereocenters. The molecule has 1 fully saturated rings. The van der Waals surface area contributed by atoms with Crippen LogP contribution in [0.4, 0.5) is 5.69 Å². The second kappa shape index (κ2) is 7.10. The molecular weight excluding hydrogens is 312 g/mol. The third-order valence-electron chi connectivity index (χ3n) is 3.87. The quantitative estimate of drug-likeness (QED) is 0.758. The second-order valence-electron chi connectivity index (χ2n) is 5.69. The maximum Gasteiger partial charge on any atom is 0.253 e. The fraction of sp³-hybridized carbons (Fsp3) is 0.353. The van der Waals surface area contributed by atoms with E-state index < -0.39 is 5.60 Å². The van der Waals surface area contributed by atoms with E-state index in [1.165, 1.54) is 0 Å². The highest BCUT2D eigenvalue weighted by atomic mass is 32.2. The average Bonchev–Trinajstić information content (AvgIpc) is 3.23. The molecule has 1 aliphatic heterocycles. The maximum atomic E-state index is 12.4. The van der Waals surface area contributed by atoms with Gasteiger partial charge in [-0.3, -0.25) is 4.79 Å². The van der Waals surface area contributed by atoms with Gasteiger partial charge in [-0.05, 0) is 36.4 Å². The summed E-state index contributed by atoms with van der Waals surface area (Å²) in [6.45, 7) is 0.795. The van der Waals surface area contributed by atoms with Gasteiger partial charge in [0.15, 0.2) is 0 Å². The summed E-state index contributed by atoms with van der Waals surface area (Å²) in [7, 11) is 0. The summed E-state index contributed by atoms with van der Waals surface area (Å²) in [5, 5.41) is 16.4. The monoisotopic (exact) mass is 332 g/mol. The molecule has 5 nitrogen and oxygen atoms in total. The molecule has 1 aromatic heterocycles. The van der Waals surface area contributed by atoms with E-state index in [0.717, 1.165) is 23.6 Å². The molecule has 0 aliphatic carbocycles. The van der Waals surface area contributed by atoms with Crippen LogP contribution in [-0.4, -0.2) is 34.7 Å². The van der Waals surface area contributed by atoms with Gasteiger partial charge in [-0.1, -0.05) is 12.1 Å². The number of carbonyl (C=O) groups is 1. The molecule has 0 radical (unpaired) electrons. The molecule has 1 aromatic carbocycles. The average molecular weight is 332 g/mol. The number of aliphatic hydroxyl groups is 1. The number of furan rings is 1. The molecule has 2 heterocycles. The van der Waals surface area contributed by atoms with Crippen LogP contribution < -0.4 is 10.6 Å². The van der Waals surface area contributed by atoms with Crippen LogP contribution in [-0.2, 0) is 6.54 Å². The van der Waals surface area contributed by atoms with Gasteiger partial charge in [0.2, 0.25) is 0 Å². The molecular formula is C17H20N2O3S. The van der Waals surface area contributed by atoms with Crippen LogP contribution in [0.1, 0.15) is 22.5 Å². The van der Waals surface area contributed by atoms with Crippen molar-refractivity contribution in [2.75, 3.05) is 23.4 Å². The SMILES string of the molecule is O=C(NCC1(O)CCSC1)c1ccccc1NCc1ccco1. The molecule has 1 saturated heterocycles. The number of hydrogen-bond acceptors (Lipinski definition) is 5. The number of benzene rings is 1. The molecule has 1 amide bonds. The minimum absolute atomic E-state index is 0.183. The Labute approximate surface area is 139 Å². The number of amides is 1. The summed E-state index contributed by atoms with van der Waals surface area (Å²) < 4.78 is 5.29. The van der Waals surface area contributed by atoms with Crippen LogP contribution >= 0.6 is 11.8 Å². The number of hydrogen-bond donors (Lipinski definition) is 3. The standard InChI is InChI=1S/C17H20N2O3S/c20-16(19-11-17(21)7-9-23-12-17)14-5-1-2-6-15(14)18-10-13-4-3-8-22-13/h1-6,8,18,21H,7,9-12H2,(H,19,20). The van der Waals surface area contributed by atoms with E-state index in [-0.39, 0.29) is 12.5 Å². The van der Waals surface area contributed by atoms with Crippen LogP contribution in [0.25, 0.3) is 0 Å². The zero-order chi connectivity index (χ0) is 16.1. The Kier molecular flexibility index (Phi) is 4.93. The Morgan fingerprint density at radius 1 is 1.30 bits per heavy atom. The van der Waals surface area contributed by atoms with Crippen molar-refractivity contribution in [1.82, 2.24) is 5.32 Å². The van der Waals surface area contributed by atoms with Crippen molar-refractivity contribution < 1.29 is 14.3 Å². The number of nitrogens with one attached hydrogen (secondary N) is 2. The minimum atomic E-state index is -0.781. The molecule has 1 aliphatic rings. The molecule has 0 bridgehead atoms. The third-order valence-corrected chi connectivity index (χ3v) is 5.10. The highest BCUT2D eigenvalue weighted by molar-refractivity contribution is 7.99. The molecule has 23 heavy (non-hydrogen) atoms. The van der Waals surface area contributed by atoms with Gasteiger partial charge in [-0.25, -0.2) is 0 Å².